The van der Waals surface area contributed by atoms with Crippen LogP contribution in [0.2, 0.25) is 0 Å². The number of amides is 2. The lowest BCUT2D eigenvalue weighted by Crippen LogP contribution is -2.24. The standard InChI is InChI=1S/C14H20N2O6/c1-7(2)21-11-5-10(14(18)16-20)12(22-8(3)4)6-9(11)13(17)15-19/h5-8,19-20H,1-4H3,(H,15,17)(H,16,18). The van der Waals surface area contributed by atoms with E-state index in [9.17, 15) is 9.59 Å². The maximum absolute atomic E-state index is 11.8. The summed E-state index contributed by atoms with van der Waals surface area (Å²) in [4.78, 5) is 23.5. The average Bonchev–Trinajstić information content (AvgIpc) is 2.45. The van der Waals surface area contributed by atoms with Crippen molar-refractivity contribution in [1.29, 1.82) is 0 Å². The molecule has 0 saturated heterocycles. The van der Waals surface area contributed by atoms with Gasteiger partial charge in [-0.15, -0.1) is 0 Å². The number of ether oxygens (including phenoxy) is 2. The highest BCUT2D eigenvalue weighted by molar-refractivity contribution is 6.01. The van der Waals surface area contributed by atoms with Crippen LogP contribution in [0.4, 0.5) is 0 Å². The number of nitrogens with one attached hydrogen (secondary N) is 2. The first-order chi connectivity index (χ1) is 10.3. The van der Waals surface area contributed by atoms with Crippen LogP contribution in [0, 0.1) is 0 Å². The van der Waals surface area contributed by atoms with Gasteiger partial charge >= 0.3 is 0 Å². The lowest BCUT2D eigenvalue weighted by Gasteiger charge is -2.18. The summed E-state index contributed by atoms with van der Waals surface area (Å²) < 4.78 is 10.9. The molecule has 0 aromatic heterocycles. The van der Waals surface area contributed by atoms with Gasteiger partial charge in [0.2, 0.25) is 0 Å². The lowest BCUT2D eigenvalue weighted by atomic mass is 10.1. The summed E-state index contributed by atoms with van der Waals surface area (Å²) in [5, 5.41) is 17.7. The van der Waals surface area contributed by atoms with Gasteiger partial charge in [-0.25, -0.2) is 11.0 Å². The van der Waals surface area contributed by atoms with Crippen LogP contribution in [0.5, 0.6) is 11.5 Å². The molecule has 8 heteroatoms. The number of benzene rings is 1. The highest BCUT2D eigenvalue weighted by Gasteiger charge is 2.22. The van der Waals surface area contributed by atoms with E-state index in [4.69, 9.17) is 19.9 Å². The smallest absolute Gasteiger partial charge is 0.278 e. The van der Waals surface area contributed by atoms with Crippen molar-refractivity contribution in [3.8, 4) is 11.5 Å². The van der Waals surface area contributed by atoms with Crippen LogP contribution >= 0.6 is 0 Å². The van der Waals surface area contributed by atoms with Crippen molar-refractivity contribution in [3.63, 3.8) is 0 Å². The van der Waals surface area contributed by atoms with Gasteiger partial charge in [0, 0.05) is 0 Å². The zero-order valence-electron chi connectivity index (χ0n) is 12.8. The fourth-order valence-corrected chi connectivity index (χ4v) is 1.74. The topological polar surface area (TPSA) is 117 Å². The summed E-state index contributed by atoms with van der Waals surface area (Å²) in [5.74, 6) is -1.45. The number of hydrogen-bond acceptors (Lipinski definition) is 6. The molecule has 8 nitrogen and oxygen atoms in total. The number of carbonyl (C=O) groups is 2. The van der Waals surface area contributed by atoms with E-state index in [1.165, 1.54) is 23.1 Å². The molecule has 0 aliphatic heterocycles. The average molecular weight is 312 g/mol. The van der Waals surface area contributed by atoms with Gasteiger partial charge < -0.3 is 9.47 Å². The highest BCUT2D eigenvalue weighted by atomic mass is 16.5. The van der Waals surface area contributed by atoms with Gasteiger partial charge in [-0.1, -0.05) is 0 Å². The molecule has 0 bridgehead atoms. The molecule has 0 heterocycles. The van der Waals surface area contributed by atoms with Gasteiger partial charge in [0.05, 0.1) is 23.3 Å². The van der Waals surface area contributed by atoms with Gasteiger partial charge in [-0.3, -0.25) is 20.0 Å². The first-order valence-corrected chi connectivity index (χ1v) is 6.70. The van der Waals surface area contributed by atoms with Gasteiger partial charge in [-0.05, 0) is 39.8 Å². The van der Waals surface area contributed by atoms with Crippen LogP contribution in [0.25, 0.3) is 0 Å². The van der Waals surface area contributed by atoms with Crippen molar-refractivity contribution in [2.75, 3.05) is 0 Å². The molecule has 1 aromatic rings. The van der Waals surface area contributed by atoms with Crippen LogP contribution in [-0.2, 0) is 0 Å². The first kappa shape index (κ1) is 17.7. The Hall–Kier alpha value is -2.32. The predicted molar refractivity (Wildman–Crippen MR) is 76.5 cm³/mol. The molecule has 1 aromatic carbocycles. The molecule has 0 spiro atoms. The van der Waals surface area contributed by atoms with E-state index in [1.807, 2.05) is 0 Å². The van der Waals surface area contributed by atoms with E-state index in [-0.39, 0.29) is 34.8 Å². The van der Waals surface area contributed by atoms with Crippen LogP contribution in [0.1, 0.15) is 48.4 Å². The third-order valence-corrected chi connectivity index (χ3v) is 2.50. The summed E-state index contributed by atoms with van der Waals surface area (Å²) in [6.45, 7) is 6.96. The van der Waals surface area contributed by atoms with Crippen LogP contribution in [0.3, 0.4) is 0 Å². The molecule has 4 N–H and O–H groups in total. The monoisotopic (exact) mass is 312 g/mol. The summed E-state index contributed by atoms with van der Waals surface area (Å²) in [7, 11) is 0. The van der Waals surface area contributed by atoms with E-state index < -0.39 is 11.8 Å². The molecule has 1 rings (SSSR count). The number of rotatable bonds is 6. The first-order valence-electron chi connectivity index (χ1n) is 6.70. The summed E-state index contributed by atoms with van der Waals surface area (Å²) >= 11 is 0. The van der Waals surface area contributed by atoms with Gasteiger partial charge in [0.1, 0.15) is 11.5 Å². The fraction of sp³-hybridized carbons (Fsp3) is 0.429. The molecule has 122 valence electrons. The van der Waals surface area contributed by atoms with Crippen molar-refractivity contribution in [1.82, 2.24) is 11.0 Å². The molecule has 2 amide bonds. The second-order valence-corrected chi connectivity index (χ2v) is 5.06. The number of hydroxylamine groups is 2. The maximum atomic E-state index is 11.8. The Morgan fingerprint density at radius 3 is 1.41 bits per heavy atom. The highest BCUT2D eigenvalue weighted by Crippen LogP contribution is 2.30. The van der Waals surface area contributed by atoms with E-state index in [1.54, 1.807) is 27.7 Å². The van der Waals surface area contributed by atoms with Crippen LogP contribution in [0.15, 0.2) is 12.1 Å². The zero-order chi connectivity index (χ0) is 16.9. The quantitative estimate of drug-likeness (QED) is 0.467. The molecular weight excluding hydrogens is 292 g/mol. The Balaban J connectivity index is 3.48. The van der Waals surface area contributed by atoms with E-state index in [0.29, 0.717) is 0 Å². The van der Waals surface area contributed by atoms with E-state index in [0.717, 1.165) is 0 Å². The minimum absolute atomic E-state index is 0.00124. The Bertz CT molecular complexity index is 507. The van der Waals surface area contributed by atoms with Crippen molar-refractivity contribution in [3.05, 3.63) is 23.3 Å². The van der Waals surface area contributed by atoms with Crippen molar-refractivity contribution in [2.24, 2.45) is 0 Å². The molecule has 0 radical (unpaired) electrons. The SMILES string of the molecule is CC(C)Oc1cc(C(=O)NO)c(OC(C)C)cc1C(=O)NO. The second kappa shape index (κ2) is 7.62. The van der Waals surface area contributed by atoms with Gasteiger partial charge in [0.15, 0.2) is 0 Å². The van der Waals surface area contributed by atoms with E-state index >= 15 is 0 Å². The lowest BCUT2D eigenvalue weighted by molar-refractivity contribution is 0.0687. The summed E-state index contributed by atoms with van der Waals surface area (Å²) in [5.41, 5.74) is 3.03. The van der Waals surface area contributed by atoms with Gasteiger partial charge in [0.25, 0.3) is 11.8 Å². The molecule has 0 saturated carbocycles. The normalized spacial score (nSPS) is 10.5. The summed E-state index contributed by atoms with van der Waals surface area (Å²) in [6, 6.07) is 2.54. The molecule has 0 unspecified atom stereocenters. The van der Waals surface area contributed by atoms with Crippen molar-refractivity contribution < 1.29 is 29.5 Å². The van der Waals surface area contributed by atoms with Crippen LogP contribution in [-0.4, -0.2) is 34.4 Å². The maximum Gasteiger partial charge on any atom is 0.278 e. The van der Waals surface area contributed by atoms with Crippen molar-refractivity contribution in [2.45, 2.75) is 39.9 Å². The van der Waals surface area contributed by atoms with Crippen molar-refractivity contribution >= 4 is 11.8 Å². The Morgan fingerprint density at radius 1 is 0.864 bits per heavy atom. The number of carbonyl (C=O) groups excluding carboxylic acids is 2. The third-order valence-electron chi connectivity index (χ3n) is 2.50. The van der Waals surface area contributed by atoms with Crippen LogP contribution < -0.4 is 20.4 Å². The minimum Gasteiger partial charge on any atom is -0.490 e. The molecule has 0 aliphatic rings. The Kier molecular flexibility index (Phi) is 6.14. The summed E-state index contributed by atoms with van der Waals surface area (Å²) in [6.07, 6.45) is -0.542. The molecule has 22 heavy (non-hydrogen) atoms. The van der Waals surface area contributed by atoms with E-state index in [2.05, 4.69) is 0 Å². The predicted octanol–water partition coefficient (Wildman–Crippen LogP) is 1.50. The molecular formula is C14H20N2O6. The zero-order valence-corrected chi connectivity index (χ0v) is 12.8. The minimum atomic E-state index is -0.805. The molecule has 0 aliphatic carbocycles. The molecule has 0 atom stereocenters. The third kappa shape index (κ3) is 4.34. The Labute approximate surface area is 127 Å². The molecule has 0 fully saturated rings. The fourth-order valence-electron chi connectivity index (χ4n) is 1.74. The Morgan fingerprint density at radius 2 is 1.18 bits per heavy atom. The van der Waals surface area contributed by atoms with Gasteiger partial charge in [-0.2, -0.15) is 0 Å². The second-order valence-electron chi connectivity index (χ2n) is 5.06. The largest absolute Gasteiger partial charge is 0.490 e. The number of hydrogen-bond donors (Lipinski definition) is 4.